The number of para-hydroxylation sites is 1. The van der Waals surface area contributed by atoms with Crippen LogP contribution in [0.3, 0.4) is 0 Å². The summed E-state index contributed by atoms with van der Waals surface area (Å²) in [5.74, 6) is -0.640. The van der Waals surface area contributed by atoms with E-state index in [4.69, 9.17) is 4.74 Å². The first-order valence-corrected chi connectivity index (χ1v) is 9.92. The van der Waals surface area contributed by atoms with E-state index in [1.807, 2.05) is 24.3 Å². The number of benzene rings is 2. The number of ether oxygens (including phenoxy) is 1. The molecule has 3 aromatic rings. The van der Waals surface area contributed by atoms with Gasteiger partial charge in [0, 0.05) is 25.0 Å². The van der Waals surface area contributed by atoms with E-state index in [0.29, 0.717) is 5.56 Å². The lowest BCUT2D eigenvalue weighted by molar-refractivity contribution is 0.0727. The third-order valence-corrected chi connectivity index (χ3v) is 4.68. The average molecular weight is 400 g/mol. The number of aromatic nitrogens is 1. The summed E-state index contributed by atoms with van der Waals surface area (Å²) in [4.78, 5) is 31.2. The number of esters is 1. The van der Waals surface area contributed by atoms with Crippen molar-refractivity contribution < 1.29 is 14.3 Å². The zero-order valence-electron chi connectivity index (χ0n) is 17.1. The Kier molecular flexibility index (Phi) is 7.11. The Morgan fingerprint density at radius 2 is 1.63 bits per heavy atom. The van der Waals surface area contributed by atoms with Gasteiger partial charge in [-0.3, -0.25) is 4.79 Å². The number of anilines is 1. The third kappa shape index (κ3) is 5.20. The van der Waals surface area contributed by atoms with Crippen LogP contribution in [-0.2, 0) is 0 Å². The fraction of sp³-hybridized carbons (Fsp3) is 0.160. The van der Waals surface area contributed by atoms with Crippen LogP contribution in [0.1, 0.15) is 40.3 Å². The lowest BCUT2D eigenvalue weighted by Gasteiger charge is -2.20. The largest absolute Gasteiger partial charge is 0.421 e. The van der Waals surface area contributed by atoms with Gasteiger partial charge in [-0.25, -0.2) is 9.78 Å². The topological polar surface area (TPSA) is 59.5 Å². The van der Waals surface area contributed by atoms with Gasteiger partial charge in [0.05, 0.1) is 5.56 Å². The van der Waals surface area contributed by atoms with Crippen molar-refractivity contribution >= 4 is 23.5 Å². The maximum absolute atomic E-state index is 12.7. The molecule has 3 rings (SSSR count). The Labute approximate surface area is 176 Å². The van der Waals surface area contributed by atoms with E-state index in [2.05, 4.69) is 23.7 Å². The standard InChI is InChI=1S/C25H24N2O3/c1-3-27(4-2)20-15-12-19(13-16-20)14-17-23(28)21-9-5-6-11-24(21)30-25(29)22-10-7-8-18-26-22/h5-18H,3-4H2,1-2H3. The maximum Gasteiger partial charge on any atom is 0.362 e. The molecule has 5 nitrogen and oxygen atoms in total. The van der Waals surface area contributed by atoms with Gasteiger partial charge in [0.25, 0.3) is 0 Å². The summed E-state index contributed by atoms with van der Waals surface area (Å²) >= 11 is 0. The van der Waals surface area contributed by atoms with Crippen LogP contribution in [0.5, 0.6) is 5.75 Å². The van der Waals surface area contributed by atoms with Gasteiger partial charge in [-0.2, -0.15) is 0 Å². The number of allylic oxidation sites excluding steroid dienone is 1. The van der Waals surface area contributed by atoms with E-state index in [1.165, 1.54) is 12.3 Å². The second kappa shape index (κ2) is 10.2. The highest BCUT2D eigenvalue weighted by atomic mass is 16.5. The molecule has 0 unspecified atom stereocenters. The zero-order valence-corrected chi connectivity index (χ0v) is 17.1. The summed E-state index contributed by atoms with van der Waals surface area (Å²) in [5.41, 5.74) is 2.57. The van der Waals surface area contributed by atoms with E-state index in [0.717, 1.165) is 24.3 Å². The van der Waals surface area contributed by atoms with Crippen molar-refractivity contribution in [3.05, 3.63) is 95.8 Å². The molecule has 0 amide bonds. The van der Waals surface area contributed by atoms with Gasteiger partial charge in [-0.1, -0.05) is 36.4 Å². The normalized spacial score (nSPS) is 10.7. The molecule has 0 aliphatic heterocycles. The monoisotopic (exact) mass is 400 g/mol. The molecule has 0 aliphatic carbocycles. The summed E-state index contributed by atoms with van der Waals surface area (Å²) < 4.78 is 5.41. The summed E-state index contributed by atoms with van der Waals surface area (Å²) in [6.45, 7) is 6.12. The van der Waals surface area contributed by atoms with Crippen LogP contribution in [0.15, 0.2) is 79.0 Å². The molecule has 0 aliphatic rings. The van der Waals surface area contributed by atoms with Crippen molar-refractivity contribution in [2.24, 2.45) is 0 Å². The highest BCUT2D eigenvalue weighted by Crippen LogP contribution is 2.21. The molecule has 5 heteroatoms. The van der Waals surface area contributed by atoms with Gasteiger partial charge in [-0.15, -0.1) is 0 Å². The molecular formula is C25H24N2O3. The van der Waals surface area contributed by atoms with E-state index >= 15 is 0 Å². The van der Waals surface area contributed by atoms with Crippen molar-refractivity contribution in [1.82, 2.24) is 4.98 Å². The smallest absolute Gasteiger partial charge is 0.362 e. The third-order valence-electron chi connectivity index (χ3n) is 4.68. The second-order valence-corrected chi connectivity index (χ2v) is 6.56. The van der Waals surface area contributed by atoms with E-state index in [9.17, 15) is 9.59 Å². The number of carbonyl (C=O) groups excluding carboxylic acids is 2. The van der Waals surface area contributed by atoms with Gasteiger partial charge in [0.1, 0.15) is 11.4 Å². The predicted octanol–water partition coefficient (Wildman–Crippen LogP) is 5.04. The zero-order chi connectivity index (χ0) is 21.3. The molecule has 0 bridgehead atoms. The molecule has 1 heterocycles. The lowest BCUT2D eigenvalue weighted by Crippen LogP contribution is -2.21. The molecule has 2 aromatic carbocycles. The molecule has 0 atom stereocenters. The van der Waals surface area contributed by atoms with Gasteiger partial charge >= 0.3 is 5.97 Å². The Bertz CT molecular complexity index is 1020. The van der Waals surface area contributed by atoms with Crippen LogP contribution in [0, 0.1) is 0 Å². The van der Waals surface area contributed by atoms with Gasteiger partial charge in [0.15, 0.2) is 5.78 Å². The first-order valence-electron chi connectivity index (χ1n) is 9.92. The second-order valence-electron chi connectivity index (χ2n) is 6.56. The molecule has 0 radical (unpaired) electrons. The van der Waals surface area contributed by atoms with Crippen LogP contribution in [0.25, 0.3) is 6.08 Å². The molecule has 0 fully saturated rings. The lowest BCUT2D eigenvalue weighted by atomic mass is 10.1. The van der Waals surface area contributed by atoms with Crippen LogP contribution in [0.4, 0.5) is 5.69 Å². The van der Waals surface area contributed by atoms with Crippen LogP contribution < -0.4 is 9.64 Å². The fourth-order valence-electron chi connectivity index (χ4n) is 3.04. The van der Waals surface area contributed by atoms with E-state index in [-0.39, 0.29) is 17.2 Å². The molecule has 0 spiro atoms. The Morgan fingerprint density at radius 1 is 0.933 bits per heavy atom. The molecule has 0 saturated heterocycles. The number of ketones is 1. The predicted molar refractivity (Wildman–Crippen MR) is 119 cm³/mol. The fourth-order valence-corrected chi connectivity index (χ4v) is 3.04. The highest BCUT2D eigenvalue weighted by molar-refractivity contribution is 6.09. The number of pyridine rings is 1. The van der Waals surface area contributed by atoms with Crippen molar-refractivity contribution in [1.29, 1.82) is 0 Å². The number of hydrogen-bond donors (Lipinski definition) is 0. The molecule has 1 aromatic heterocycles. The summed E-state index contributed by atoms with van der Waals surface area (Å²) in [6, 6.07) is 19.7. The van der Waals surface area contributed by atoms with Crippen LogP contribution in [0.2, 0.25) is 0 Å². The summed E-state index contributed by atoms with van der Waals surface area (Å²) in [6.07, 6.45) is 4.76. The van der Waals surface area contributed by atoms with Crippen molar-refractivity contribution in [2.45, 2.75) is 13.8 Å². The minimum atomic E-state index is -0.605. The van der Waals surface area contributed by atoms with Crippen LogP contribution >= 0.6 is 0 Å². The SMILES string of the molecule is CCN(CC)c1ccc(C=CC(=O)c2ccccc2OC(=O)c2ccccn2)cc1. The highest BCUT2D eigenvalue weighted by Gasteiger charge is 2.15. The van der Waals surface area contributed by atoms with Crippen LogP contribution in [-0.4, -0.2) is 29.8 Å². The van der Waals surface area contributed by atoms with Gasteiger partial charge in [-0.05, 0) is 61.9 Å². The molecular weight excluding hydrogens is 376 g/mol. The molecule has 30 heavy (non-hydrogen) atoms. The number of hydrogen-bond acceptors (Lipinski definition) is 5. The first-order chi connectivity index (χ1) is 14.6. The Hall–Kier alpha value is -3.73. The Morgan fingerprint density at radius 3 is 2.30 bits per heavy atom. The minimum absolute atomic E-state index is 0.184. The molecule has 152 valence electrons. The quantitative estimate of drug-likeness (QED) is 0.229. The number of nitrogens with zero attached hydrogens (tertiary/aromatic N) is 2. The van der Waals surface area contributed by atoms with Gasteiger partial charge < -0.3 is 9.64 Å². The number of rotatable bonds is 8. The maximum atomic E-state index is 12.7. The van der Waals surface area contributed by atoms with Crippen molar-refractivity contribution in [3.8, 4) is 5.75 Å². The number of carbonyl (C=O) groups is 2. The van der Waals surface area contributed by atoms with E-state index in [1.54, 1.807) is 48.5 Å². The first kappa shape index (κ1) is 21.0. The summed E-state index contributed by atoms with van der Waals surface area (Å²) in [5, 5.41) is 0. The Balaban J connectivity index is 1.73. The van der Waals surface area contributed by atoms with Gasteiger partial charge in [0.2, 0.25) is 0 Å². The van der Waals surface area contributed by atoms with Crippen molar-refractivity contribution in [2.75, 3.05) is 18.0 Å². The molecule has 0 saturated carbocycles. The minimum Gasteiger partial charge on any atom is -0.421 e. The van der Waals surface area contributed by atoms with Crippen molar-refractivity contribution in [3.63, 3.8) is 0 Å². The summed E-state index contributed by atoms with van der Waals surface area (Å²) in [7, 11) is 0. The van der Waals surface area contributed by atoms with E-state index < -0.39 is 5.97 Å². The average Bonchev–Trinajstić information content (AvgIpc) is 2.80. The molecule has 0 N–H and O–H groups in total.